The molecule has 10 heteroatoms. The van der Waals surface area contributed by atoms with Gasteiger partial charge in [0, 0.05) is 24.3 Å². The van der Waals surface area contributed by atoms with Crippen molar-refractivity contribution in [3.8, 4) is 11.5 Å². The molecule has 3 aromatic rings. The molecule has 0 amide bonds. The zero-order valence-electron chi connectivity index (χ0n) is 16.0. The van der Waals surface area contributed by atoms with E-state index in [4.69, 9.17) is 4.74 Å². The highest BCUT2D eigenvalue weighted by atomic mass is 32.2. The van der Waals surface area contributed by atoms with Gasteiger partial charge in [-0.1, -0.05) is 29.5 Å². The van der Waals surface area contributed by atoms with Gasteiger partial charge in [0.05, 0.1) is 17.2 Å². The molecule has 0 fully saturated rings. The van der Waals surface area contributed by atoms with E-state index in [1.807, 2.05) is 34.9 Å². The number of fused-ring (bicyclic) bond motifs is 1. The van der Waals surface area contributed by atoms with Crippen LogP contribution in [-0.4, -0.2) is 32.4 Å². The SMILES string of the molecule is COc1ccc(/C=C/c2sc3ccccc3[n+]2CCCS(=O)(=O)[O-])cc1OC(F)F. The molecule has 0 saturated carbocycles. The van der Waals surface area contributed by atoms with Gasteiger partial charge in [-0.3, -0.25) is 0 Å². The molecule has 6 nitrogen and oxygen atoms in total. The quantitative estimate of drug-likeness (QED) is 0.361. The molecule has 0 aliphatic carbocycles. The van der Waals surface area contributed by atoms with E-state index >= 15 is 0 Å². The normalized spacial score (nSPS) is 12.2. The average Bonchev–Trinajstić information content (AvgIpc) is 3.03. The van der Waals surface area contributed by atoms with Crippen molar-refractivity contribution in [3.05, 3.63) is 53.0 Å². The second kappa shape index (κ2) is 9.50. The number of thiazole rings is 1. The minimum atomic E-state index is -4.29. The molecule has 0 radical (unpaired) electrons. The average molecular weight is 456 g/mol. The second-order valence-corrected chi connectivity index (χ2v) is 8.88. The molecule has 30 heavy (non-hydrogen) atoms. The highest BCUT2D eigenvalue weighted by Crippen LogP contribution is 2.30. The summed E-state index contributed by atoms with van der Waals surface area (Å²) in [5.41, 5.74) is 1.54. The van der Waals surface area contributed by atoms with E-state index in [-0.39, 0.29) is 17.9 Å². The number of para-hydroxylation sites is 1. The Morgan fingerprint density at radius 1 is 1.17 bits per heavy atom. The maximum Gasteiger partial charge on any atom is 0.387 e. The Labute approximate surface area is 176 Å². The lowest BCUT2D eigenvalue weighted by atomic mass is 10.2. The Bertz CT molecular complexity index is 1160. The van der Waals surface area contributed by atoms with Crippen molar-refractivity contribution < 1.29 is 35.8 Å². The number of nitrogens with zero attached hydrogens (tertiary/aromatic N) is 1. The largest absolute Gasteiger partial charge is 0.748 e. The standard InChI is InChI=1S/C20H19F2NO5S2/c1-27-16-9-7-14(13-17(16)28-20(21)22)8-10-19-23(11-4-12-30(24,25)26)15-5-2-3-6-18(15)29-19/h2-3,5-10,13,20H,4,11-12H2,1H3/b10-8+. The van der Waals surface area contributed by atoms with Crippen LogP contribution in [0.25, 0.3) is 22.4 Å². The van der Waals surface area contributed by atoms with Crippen molar-refractivity contribution in [1.82, 2.24) is 0 Å². The Morgan fingerprint density at radius 3 is 2.63 bits per heavy atom. The van der Waals surface area contributed by atoms with Gasteiger partial charge in [0.15, 0.2) is 18.0 Å². The fraction of sp³-hybridized carbons (Fsp3) is 0.250. The van der Waals surface area contributed by atoms with Gasteiger partial charge in [-0.15, -0.1) is 0 Å². The first-order valence-corrected chi connectivity index (χ1v) is 11.3. The molecular weight excluding hydrogens is 436 g/mol. The molecule has 160 valence electrons. The predicted octanol–water partition coefficient (Wildman–Crippen LogP) is 3.90. The summed E-state index contributed by atoms with van der Waals surface area (Å²) in [7, 11) is -2.92. The Kier molecular flexibility index (Phi) is 7.01. The molecule has 3 rings (SSSR count). The van der Waals surface area contributed by atoms with Crippen LogP contribution in [0.3, 0.4) is 0 Å². The lowest BCUT2D eigenvalue weighted by molar-refractivity contribution is -0.668. The Hall–Kier alpha value is -2.56. The van der Waals surface area contributed by atoms with Crippen LogP contribution < -0.4 is 14.0 Å². The maximum absolute atomic E-state index is 12.6. The summed E-state index contributed by atoms with van der Waals surface area (Å²) in [6.45, 7) is -2.62. The van der Waals surface area contributed by atoms with E-state index in [2.05, 4.69) is 4.74 Å². The number of rotatable bonds is 9. The summed E-state index contributed by atoms with van der Waals surface area (Å²) in [5.74, 6) is -0.317. The zero-order valence-corrected chi connectivity index (χ0v) is 17.6. The van der Waals surface area contributed by atoms with Crippen LogP contribution in [0.2, 0.25) is 0 Å². The van der Waals surface area contributed by atoms with Gasteiger partial charge < -0.3 is 14.0 Å². The van der Waals surface area contributed by atoms with Crippen LogP contribution in [0.4, 0.5) is 8.78 Å². The van der Waals surface area contributed by atoms with Gasteiger partial charge in [-0.25, -0.2) is 8.42 Å². The maximum atomic E-state index is 12.6. The molecule has 0 aliphatic heterocycles. The van der Waals surface area contributed by atoms with Crippen LogP contribution in [0, 0.1) is 0 Å². The number of hydrogen-bond acceptors (Lipinski definition) is 6. The van der Waals surface area contributed by atoms with Gasteiger partial charge in [-0.05, 0) is 29.8 Å². The molecule has 0 saturated heterocycles. The predicted molar refractivity (Wildman–Crippen MR) is 110 cm³/mol. The Morgan fingerprint density at radius 2 is 1.93 bits per heavy atom. The van der Waals surface area contributed by atoms with Gasteiger partial charge in [0.25, 0.3) is 5.01 Å². The van der Waals surface area contributed by atoms with Gasteiger partial charge in [-0.2, -0.15) is 13.3 Å². The first kappa shape index (κ1) is 22.1. The highest BCUT2D eigenvalue weighted by Gasteiger charge is 2.18. The molecule has 0 atom stereocenters. The van der Waals surface area contributed by atoms with Crippen molar-refractivity contribution in [1.29, 1.82) is 0 Å². The summed E-state index contributed by atoms with van der Waals surface area (Å²) < 4.78 is 70.5. The van der Waals surface area contributed by atoms with E-state index in [0.29, 0.717) is 12.1 Å². The first-order valence-electron chi connectivity index (χ1n) is 8.93. The molecule has 2 aromatic carbocycles. The number of aryl methyl sites for hydroxylation is 1. The number of halogens is 2. The molecule has 0 unspecified atom stereocenters. The monoisotopic (exact) mass is 455 g/mol. The highest BCUT2D eigenvalue weighted by molar-refractivity contribution is 7.85. The third-order valence-electron chi connectivity index (χ3n) is 4.23. The molecule has 0 aliphatic rings. The summed E-state index contributed by atoms with van der Waals surface area (Å²) in [4.78, 5) is 0. The van der Waals surface area contributed by atoms with E-state index in [1.165, 1.54) is 30.6 Å². The fourth-order valence-corrected chi connectivity index (χ4v) is 4.53. The minimum Gasteiger partial charge on any atom is -0.748 e. The second-order valence-electron chi connectivity index (χ2n) is 6.30. The van der Waals surface area contributed by atoms with Gasteiger partial charge in [0.2, 0.25) is 5.52 Å². The number of benzene rings is 2. The van der Waals surface area contributed by atoms with E-state index in [9.17, 15) is 21.8 Å². The van der Waals surface area contributed by atoms with Crippen LogP contribution in [-0.2, 0) is 16.7 Å². The zero-order chi connectivity index (χ0) is 21.7. The summed E-state index contributed by atoms with van der Waals surface area (Å²) in [5, 5.41) is 0.826. The third-order valence-corrected chi connectivity index (χ3v) is 6.15. The van der Waals surface area contributed by atoms with Crippen LogP contribution in [0.5, 0.6) is 11.5 Å². The van der Waals surface area contributed by atoms with E-state index < -0.39 is 22.5 Å². The molecule has 1 aromatic heterocycles. The van der Waals surface area contributed by atoms with Crippen molar-refractivity contribution in [2.45, 2.75) is 19.6 Å². The first-order chi connectivity index (χ1) is 14.3. The van der Waals surface area contributed by atoms with Crippen LogP contribution in [0.15, 0.2) is 42.5 Å². The summed E-state index contributed by atoms with van der Waals surface area (Å²) in [6, 6.07) is 12.3. The molecule has 0 bridgehead atoms. The lowest BCUT2D eigenvalue weighted by Crippen LogP contribution is -2.35. The minimum absolute atomic E-state index is 0.0699. The molecule has 1 heterocycles. The van der Waals surface area contributed by atoms with Crippen molar-refractivity contribution in [2.75, 3.05) is 12.9 Å². The van der Waals surface area contributed by atoms with Gasteiger partial charge in [0.1, 0.15) is 4.70 Å². The third kappa shape index (κ3) is 5.74. The van der Waals surface area contributed by atoms with Crippen LogP contribution in [0.1, 0.15) is 17.0 Å². The lowest BCUT2D eigenvalue weighted by Gasteiger charge is -2.10. The van der Waals surface area contributed by atoms with Crippen molar-refractivity contribution >= 4 is 43.8 Å². The molecule has 0 N–H and O–H groups in total. The number of hydrogen-bond donors (Lipinski definition) is 0. The fourth-order valence-electron chi connectivity index (χ4n) is 2.96. The smallest absolute Gasteiger partial charge is 0.387 e. The molecular formula is C20H19F2NO5S2. The number of aromatic nitrogens is 1. The number of alkyl halides is 2. The van der Waals surface area contributed by atoms with Crippen molar-refractivity contribution in [3.63, 3.8) is 0 Å². The van der Waals surface area contributed by atoms with Crippen LogP contribution >= 0.6 is 11.3 Å². The summed E-state index contributed by atoms with van der Waals surface area (Å²) in [6.07, 6.45) is 3.74. The van der Waals surface area contributed by atoms with E-state index in [1.54, 1.807) is 12.1 Å². The van der Waals surface area contributed by atoms with Crippen molar-refractivity contribution in [2.24, 2.45) is 0 Å². The van der Waals surface area contributed by atoms with E-state index in [0.717, 1.165) is 15.2 Å². The van der Waals surface area contributed by atoms with Gasteiger partial charge >= 0.3 is 6.61 Å². The number of methoxy groups -OCH3 is 1. The summed E-state index contributed by atoms with van der Waals surface area (Å²) >= 11 is 1.50. The topological polar surface area (TPSA) is 79.5 Å². The number of ether oxygens (including phenoxy) is 2. The molecule has 0 spiro atoms. The Balaban J connectivity index is 1.91.